The summed E-state index contributed by atoms with van der Waals surface area (Å²) in [5.41, 5.74) is 4.72. The molecule has 0 aliphatic heterocycles. The number of para-hydroxylation sites is 1. The van der Waals surface area contributed by atoms with Crippen LogP contribution in [-0.4, -0.2) is 17.5 Å². The highest BCUT2D eigenvalue weighted by Gasteiger charge is 2.09. The number of benzene rings is 3. The van der Waals surface area contributed by atoms with E-state index in [-0.39, 0.29) is 12.5 Å². The van der Waals surface area contributed by atoms with Gasteiger partial charge in [-0.05, 0) is 42.3 Å². The summed E-state index contributed by atoms with van der Waals surface area (Å²) in [5, 5.41) is 6.54. The number of amides is 1. The molecule has 1 heterocycles. The summed E-state index contributed by atoms with van der Waals surface area (Å²) in [4.78, 5) is 17.0. The molecule has 0 unspecified atom stereocenters. The monoisotopic (exact) mass is 448 g/mol. The first kappa shape index (κ1) is 21.1. The molecule has 0 aliphatic carbocycles. The van der Waals surface area contributed by atoms with Crippen molar-refractivity contribution >= 4 is 34.5 Å². The van der Waals surface area contributed by atoms with E-state index in [1.807, 2.05) is 78.2 Å². The third-order valence-electron chi connectivity index (χ3n) is 4.77. The molecule has 0 bridgehead atoms. The smallest absolute Gasteiger partial charge is 0.262 e. The fourth-order valence-electron chi connectivity index (χ4n) is 3.13. The van der Waals surface area contributed by atoms with Crippen LogP contribution in [0.15, 0.2) is 78.2 Å². The van der Waals surface area contributed by atoms with Crippen molar-refractivity contribution in [2.75, 3.05) is 11.9 Å². The number of aryl methyl sites for hydroxylation is 1. The topological polar surface area (TPSA) is 51.2 Å². The van der Waals surface area contributed by atoms with Gasteiger partial charge in [0.2, 0.25) is 0 Å². The normalized spacial score (nSPS) is 10.6. The lowest BCUT2D eigenvalue weighted by atomic mass is 10.1. The number of halogens is 1. The number of rotatable bonds is 7. The minimum Gasteiger partial charge on any atom is -0.483 e. The number of hydrogen-bond donors (Lipinski definition) is 1. The SMILES string of the molecule is CCc1ccccc1OCC(=O)Nc1ccc(-c2csc(-c3ccc(Cl)cc3)n2)cc1. The zero-order valence-electron chi connectivity index (χ0n) is 17.0. The first-order valence-corrected chi connectivity index (χ1v) is 11.2. The van der Waals surface area contributed by atoms with E-state index in [9.17, 15) is 4.79 Å². The molecule has 1 aromatic heterocycles. The molecule has 4 rings (SSSR count). The van der Waals surface area contributed by atoms with E-state index in [4.69, 9.17) is 21.3 Å². The third-order valence-corrected chi connectivity index (χ3v) is 5.92. The number of thiazole rings is 1. The summed E-state index contributed by atoms with van der Waals surface area (Å²) in [7, 11) is 0. The molecule has 4 aromatic rings. The van der Waals surface area contributed by atoms with Crippen LogP contribution in [0.3, 0.4) is 0 Å². The fraction of sp³-hybridized carbons (Fsp3) is 0.120. The maximum Gasteiger partial charge on any atom is 0.262 e. The zero-order valence-corrected chi connectivity index (χ0v) is 18.5. The zero-order chi connectivity index (χ0) is 21.6. The molecular weight excluding hydrogens is 428 g/mol. The Labute approximate surface area is 190 Å². The second kappa shape index (κ2) is 9.77. The molecule has 0 spiro atoms. The van der Waals surface area contributed by atoms with Crippen molar-refractivity contribution in [3.8, 4) is 27.6 Å². The molecule has 1 N–H and O–H groups in total. The van der Waals surface area contributed by atoms with Gasteiger partial charge in [0.1, 0.15) is 10.8 Å². The highest BCUT2D eigenvalue weighted by molar-refractivity contribution is 7.13. The van der Waals surface area contributed by atoms with E-state index in [0.717, 1.165) is 39.6 Å². The van der Waals surface area contributed by atoms with Crippen LogP contribution < -0.4 is 10.1 Å². The summed E-state index contributed by atoms with van der Waals surface area (Å²) in [6.07, 6.45) is 0.857. The predicted molar refractivity (Wildman–Crippen MR) is 128 cm³/mol. The number of anilines is 1. The number of carbonyl (C=O) groups is 1. The van der Waals surface area contributed by atoms with E-state index >= 15 is 0 Å². The third kappa shape index (κ3) is 5.32. The Morgan fingerprint density at radius 1 is 1.00 bits per heavy atom. The molecule has 1 amide bonds. The minimum atomic E-state index is -0.197. The van der Waals surface area contributed by atoms with Crippen LogP contribution in [-0.2, 0) is 11.2 Å². The van der Waals surface area contributed by atoms with Gasteiger partial charge in [-0.1, -0.05) is 61.0 Å². The Bertz CT molecular complexity index is 1170. The summed E-state index contributed by atoms with van der Waals surface area (Å²) >= 11 is 7.55. The standard InChI is InChI=1S/C25H21ClN2O2S/c1-2-17-5-3-4-6-23(17)30-15-24(29)27-21-13-9-18(10-14-21)22-16-31-25(28-22)19-7-11-20(26)12-8-19/h3-14,16H,2,15H2,1H3,(H,27,29). The van der Waals surface area contributed by atoms with Gasteiger partial charge in [-0.2, -0.15) is 0 Å². The van der Waals surface area contributed by atoms with Gasteiger partial charge < -0.3 is 10.1 Å². The van der Waals surface area contributed by atoms with Crippen molar-refractivity contribution in [2.45, 2.75) is 13.3 Å². The van der Waals surface area contributed by atoms with Crippen molar-refractivity contribution in [2.24, 2.45) is 0 Å². The van der Waals surface area contributed by atoms with Crippen LogP contribution in [0, 0.1) is 0 Å². The molecule has 31 heavy (non-hydrogen) atoms. The average molecular weight is 449 g/mol. The summed E-state index contributed by atoms with van der Waals surface area (Å²) < 4.78 is 5.68. The Kier molecular flexibility index (Phi) is 6.65. The number of ether oxygens (including phenoxy) is 1. The molecule has 0 fully saturated rings. The van der Waals surface area contributed by atoms with E-state index in [0.29, 0.717) is 10.7 Å². The molecule has 4 nitrogen and oxygen atoms in total. The molecule has 0 radical (unpaired) electrons. The lowest BCUT2D eigenvalue weighted by molar-refractivity contribution is -0.118. The van der Waals surface area contributed by atoms with Gasteiger partial charge in [0.25, 0.3) is 5.91 Å². The molecule has 0 saturated heterocycles. The van der Waals surface area contributed by atoms with Gasteiger partial charge in [0.05, 0.1) is 5.69 Å². The molecule has 6 heteroatoms. The Morgan fingerprint density at radius 3 is 2.45 bits per heavy atom. The molecular formula is C25H21ClN2O2S. The largest absolute Gasteiger partial charge is 0.483 e. The van der Waals surface area contributed by atoms with Crippen LogP contribution in [0.25, 0.3) is 21.8 Å². The van der Waals surface area contributed by atoms with Crippen molar-refractivity contribution < 1.29 is 9.53 Å². The predicted octanol–water partition coefficient (Wildman–Crippen LogP) is 6.71. The van der Waals surface area contributed by atoms with Crippen molar-refractivity contribution in [3.63, 3.8) is 0 Å². The van der Waals surface area contributed by atoms with Crippen LogP contribution in [0.1, 0.15) is 12.5 Å². The maximum atomic E-state index is 12.3. The lowest BCUT2D eigenvalue weighted by Crippen LogP contribution is -2.20. The Hall–Kier alpha value is -3.15. The van der Waals surface area contributed by atoms with Gasteiger partial charge in [0.15, 0.2) is 6.61 Å². The van der Waals surface area contributed by atoms with E-state index in [2.05, 4.69) is 12.2 Å². The van der Waals surface area contributed by atoms with Crippen LogP contribution in [0.5, 0.6) is 5.75 Å². The van der Waals surface area contributed by atoms with Gasteiger partial charge in [0, 0.05) is 27.2 Å². The molecule has 156 valence electrons. The Morgan fingerprint density at radius 2 is 1.71 bits per heavy atom. The number of nitrogens with one attached hydrogen (secondary N) is 1. The maximum absolute atomic E-state index is 12.3. The first-order valence-electron chi connectivity index (χ1n) is 9.95. The first-order chi connectivity index (χ1) is 15.1. The molecule has 3 aromatic carbocycles. The quantitative estimate of drug-likeness (QED) is 0.341. The summed E-state index contributed by atoms with van der Waals surface area (Å²) in [5.74, 6) is 0.549. The number of carbonyl (C=O) groups excluding carboxylic acids is 1. The summed E-state index contributed by atoms with van der Waals surface area (Å²) in [6, 6.07) is 23.0. The van der Waals surface area contributed by atoms with E-state index in [1.165, 1.54) is 0 Å². The molecule has 0 saturated carbocycles. The van der Waals surface area contributed by atoms with Crippen LogP contribution in [0.4, 0.5) is 5.69 Å². The van der Waals surface area contributed by atoms with E-state index in [1.54, 1.807) is 11.3 Å². The number of hydrogen-bond acceptors (Lipinski definition) is 4. The van der Waals surface area contributed by atoms with Crippen LogP contribution in [0.2, 0.25) is 5.02 Å². The van der Waals surface area contributed by atoms with Crippen LogP contribution >= 0.6 is 22.9 Å². The van der Waals surface area contributed by atoms with Gasteiger partial charge >= 0.3 is 0 Å². The number of nitrogens with zero attached hydrogens (tertiary/aromatic N) is 1. The number of aromatic nitrogens is 1. The Balaban J connectivity index is 1.37. The average Bonchev–Trinajstić information content (AvgIpc) is 3.29. The highest BCUT2D eigenvalue weighted by atomic mass is 35.5. The molecule has 0 atom stereocenters. The van der Waals surface area contributed by atoms with Crippen molar-refractivity contribution in [1.29, 1.82) is 0 Å². The van der Waals surface area contributed by atoms with Gasteiger partial charge in [-0.3, -0.25) is 4.79 Å². The molecule has 0 aliphatic rings. The lowest BCUT2D eigenvalue weighted by Gasteiger charge is -2.10. The summed E-state index contributed by atoms with van der Waals surface area (Å²) in [6.45, 7) is 2.03. The van der Waals surface area contributed by atoms with Gasteiger partial charge in [-0.25, -0.2) is 4.98 Å². The minimum absolute atomic E-state index is 0.0324. The second-order valence-electron chi connectivity index (χ2n) is 6.92. The van der Waals surface area contributed by atoms with E-state index < -0.39 is 0 Å². The van der Waals surface area contributed by atoms with Crippen molar-refractivity contribution in [3.05, 3.63) is 88.8 Å². The highest BCUT2D eigenvalue weighted by Crippen LogP contribution is 2.30. The van der Waals surface area contributed by atoms with Gasteiger partial charge in [-0.15, -0.1) is 11.3 Å². The van der Waals surface area contributed by atoms with Crippen molar-refractivity contribution in [1.82, 2.24) is 4.98 Å². The second-order valence-corrected chi connectivity index (χ2v) is 8.21. The fourth-order valence-corrected chi connectivity index (χ4v) is 4.09.